The molecule has 0 amide bonds. The lowest BCUT2D eigenvalue weighted by Crippen LogP contribution is -1.27. The van der Waals surface area contributed by atoms with E-state index in [-0.39, 0.29) is 37.1 Å². The normalized spacial score (nSPS) is 1.64. The fourth-order valence-electron chi connectivity index (χ4n) is 0. The van der Waals surface area contributed by atoms with Crippen LogP contribution in [-0.2, 0) is 9.59 Å². The predicted octanol–water partition coefficient (Wildman–Crippen LogP) is 2.82. The molecule has 0 atom stereocenters. The van der Waals surface area contributed by atoms with Crippen LogP contribution in [0.5, 0.6) is 0 Å². The molecule has 0 aromatic carbocycles. The van der Waals surface area contributed by atoms with Crippen molar-refractivity contribution in [2.24, 2.45) is 0 Å². The Balaban J connectivity index is -0.00000000545. The van der Waals surface area contributed by atoms with Crippen molar-refractivity contribution in [1.29, 1.82) is 16.1 Å². The van der Waals surface area contributed by atoms with Gasteiger partial charge in [-0.3, -0.25) is 0 Å². The Morgan fingerprint density at radius 3 is 0.857 bits per heavy atom. The minimum Gasteiger partial charge on any atom is -0.443 e. The lowest BCUT2D eigenvalue weighted by molar-refractivity contribution is 0.503. The van der Waals surface area contributed by atoms with E-state index in [0.29, 0.717) is 0 Å². The van der Waals surface area contributed by atoms with E-state index in [0.717, 1.165) is 18.4 Å². The Labute approximate surface area is 87.2 Å². The van der Waals surface area contributed by atoms with Crippen LogP contribution in [0.4, 0.5) is 0 Å². The van der Waals surface area contributed by atoms with Gasteiger partial charge in [-0.1, -0.05) is 37.1 Å². The fraction of sp³-hybridized carbons (Fsp3) is 0.625. The summed E-state index contributed by atoms with van der Waals surface area (Å²) in [7, 11) is 0. The van der Waals surface area contributed by atoms with Gasteiger partial charge in [0, 0.05) is 0 Å². The summed E-state index contributed by atoms with van der Waals surface area (Å²) < 4.78 is 0. The van der Waals surface area contributed by atoms with Gasteiger partial charge in [-0.05, 0) is 0 Å². The molecule has 6 nitrogen and oxygen atoms in total. The molecule has 3 N–H and O–H groups in total. The van der Waals surface area contributed by atoms with E-state index >= 15 is 0 Å². The molecule has 0 rings (SSSR count). The number of hydrogen-bond acceptors (Lipinski definition) is 6. The highest BCUT2D eigenvalue weighted by atomic mass is 16.2. The smallest absolute Gasteiger partial charge is 0.283 e. The SMILES string of the molecule is C.C.C.C.C.N#CO.N=C=O.N=C=O. The van der Waals surface area contributed by atoms with Gasteiger partial charge in [0.25, 0.3) is 6.26 Å². The molecule has 0 bridgehead atoms. The van der Waals surface area contributed by atoms with Crippen molar-refractivity contribution in [2.75, 3.05) is 0 Å². The number of isocyanates is 2. The zero-order chi connectivity index (χ0) is 8.12. The standard InChI is InChI=1S/3CHNO.5CH4/c3*2-1-3;;;;;/h3H;2*2H;5*1H4. The monoisotopic (exact) mass is 209 g/mol. The van der Waals surface area contributed by atoms with Crippen LogP contribution in [0.2, 0.25) is 0 Å². The van der Waals surface area contributed by atoms with Crippen molar-refractivity contribution in [2.45, 2.75) is 37.1 Å². The first-order chi connectivity index (χ1) is 4.24. The van der Waals surface area contributed by atoms with Crippen LogP contribution in [0.25, 0.3) is 0 Å². The van der Waals surface area contributed by atoms with Crippen LogP contribution < -0.4 is 0 Å². The largest absolute Gasteiger partial charge is 0.443 e. The Morgan fingerprint density at radius 1 is 0.857 bits per heavy atom. The van der Waals surface area contributed by atoms with Crippen molar-refractivity contribution < 1.29 is 14.7 Å². The Hall–Kier alpha value is -1.95. The zero-order valence-corrected chi connectivity index (χ0v) is 4.21. The Morgan fingerprint density at radius 2 is 0.857 bits per heavy atom. The first-order valence-corrected chi connectivity index (χ1v) is 1.36. The molecule has 0 aliphatic carbocycles. The summed E-state index contributed by atoms with van der Waals surface area (Å²) in [5, 5.41) is 24.6. The average molecular weight is 209 g/mol. The van der Waals surface area contributed by atoms with Crippen molar-refractivity contribution in [3.05, 3.63) is 0 Å². The molecule has 0 aromatic rings. The second kappa shape index (κ2) is 1010. The number of aliphatic hydroxyl groups excluding tert-OH is 1. The van der Waals surface area contributed by atoms with E-state index in [1.54, 1.807) is 0 Å². The topological polar surface area (TPSA) is 126 Å². The molecule has 0 spiro atoms. The maximum absolute atomic E-state index is 8.35. The van der Waals surface area contributed by atoms with Gasteiger partial charge in [0.2, 0.25) is 12.2 Å². The van der Waals surface area contributed by atoms with E-state index in [1.165, 1.54) is 0 Å². The van der Waals surface area contributed by atoms with Crippen LogP contribution >= 0.6 is 0 Å². The second-order valence-electron chi connectivity index (χ2n) is 0.304. The molecule has 0 fully saturated rings. The van der Waals surface area contributed by atoms with Crippen LogP contribution in [0.1, 0.15) is 37.1 Å². The molecule has 0 radical (unpaired) electrons. The van der Waals surface area contributed by atoms with Crippen LogP contribution in [0.15, 0.2) is 0 Å². The van der Waals surface area contributed by atoms with Gasteiger partial charge in [0.05, 0.1) is 0 Å². The van der Waals surface area contributed by atoms with Gasteiger partial charge >= 0.3 is 0 Å². The molecular formula is C8H23N3O3. The van der Waals surface area contributed by atoms with Gasteiger partial charge in [0.1, 0.15) is 0 Å². The van der Waals surface area contributed by atoms with E-state index in [2.05, 4.69) is 0 Å². The summed E-state index contributed by atoms with van der Waals surface area (Å²) >= 11 is 0. The molecule has 0 aromatic heterocycles. The summed E-state index contributed by atoms with van der Waals surface area (Å²) in [6, 6.07) is 0. The number of nitrogens with one attached hydrogen (secondary N) is 2. The highest BCUT2D eigenvalue weighted by Crippen LogP contribution is 1.06. The third kappa shape index (κ3) is 216. The number of hydrogen-bond donors (Lipinski definition) is 3. The molecule has 0 aliphatic heterocycles. The molecule has 6 heteroatoms. The number of nitriles is 1. The summed E-state index contributed by atoms with van der Waals surface area (Å²) in [5.74, 6) is 0. The fourth-order valence-corrected chi connectivity index (χ4v) is 0. The molecule has 0 saturated carbocycles. The van der Waals surface area contributed by atoms with Gasteiger partial charge in [0.15, 0.2) is 0 Å². The molecule has 88 valence electrons. The van der Waals surface area contributed by atoms with Crippen LogP contribution in [0.3, 0.4) is 0 Å². The van der Waals surface area contributed by atoms with Crippen molar-refractivity contribution in [1.82, 2.24) is 0 Å². The molecule has 0 aliphatic rings. The van der Waals surface area contributed by atoms with Crippen molar-refractivity contribution >= 4 is 12.2 Å². The molecule has 0 heterocycles. The Bertz CT molecular complexity index is 128. The van der Waals surface area contributed by atoms with Crippen molar-refractivity contribution in [3.63, 3.8) is 0 Å². The lowest BCUT2D eigenvalue weighted by atomic mass is 11.6. The van der Waals surface area contributed by atoms with Gasteiger partial charge in [-0.15, -0.1) is 0 Å². The number of nitrogens with zero attached hydrogens (tertiary/aromatic N) is 1. The Kier molecular flexibility index (Phi) is 6490. The lowest BCUT2D eigenvalue weighted by Gasteiger charge is -1.25. The van der Waals surface area contributed by atoms with E-state index in [1.807, 2.05) is 0 Å². The zero-order valence-electron chi connectivity index (χ0n) is 4.21. The molecule has 0 saturated heterocycles. The van der Waals surface area contributed by atoms with Crippen molar-refractivity contribution in [3.8, 4) is 6.26 Å². The summed E-state index contributed by atoms with van der Waals surface area (Å²) in [5.41, 5.74) is 0. The highest BCUT2D eigenvalue weighted by molar-refractivity contribution is 5.26. The number of aliphatic hydroxyl groups is 1. The first kappa shape index (κ1) is 89.7. The average Bonchev–Trinajstić information content (AvgIpc) is 1.70. The third-order valence-electron chi connectivity index (χ3n) is 0. The first-order valence-electron chi connectivity index (χ1n) is 1.36. The summed E-state index contributed by atoms with van der Waals surface area (Å²) in [6.07, 6.45) is 2.25. The van der Waals surface area contributed by atoms with Crippen LogP contribution in [-0.4, -0.2) is 17.3 Å². The van der Waals surface area contributed by atoms with Gasteiger partial charge in [-0.25, -0.2) is 20.4 Å². The number of carbonyl (C=O) groups excluding carboxylic acids is 2. The highest BCUT2D eigenvalue weighted by Gasteiger charge is 1.16. The molecule has 14 heavy (non-hydrogen) atoms. The molecule has 0 unspecified atom stereocenters. The van der Waals surface area contributed by atoms with Crippen LogP contribution in [0, 0.1) is 22.3 Å². The predicted molar refractivity (Wildman–Crippen MR) is 58.0 cm³/mol. The number of rotatable bonds is 0. The van der Waals surface area contributed by atoms with Gasteiger partial charge < -0.3 is 5.11 Å². The van der Waals surface area contributed by atoms with E-state index < -0.39 is 0 Å². The molecular weight excluding hydrogens is 186 g/mol. The maximum atomic E-state index is 8.35. The van der Waals surface area contributed by atoms with E-state index in [4.69, 9.17) is 30.8 Å². The second-order valence-corrected chi connectivity index (χ2v) is 0.304. The quantitative estimate of drug-likeness (QED) is 0.322. The third-order valence-corrected chi connectivity index (χ3v) is 0. The summed E-state index contributed by atoms with van der Waals surface area (Å²) in [4.78, 5) is 16.7. The van der Waals surface area contributed by atoms with Gasteiger partial charge in [-0.2, -0.15) is 5.26 Å². The maximum Gasteiger partial charge on any atom is 0.283 e. The minimum atomic E-state index is 0. The minimum absolute atomic E-state index is 0. The van der Waals surface area contributed by atoms with E-state index in [9.17, 15) is 0 Å². The summed E-state index contributed by atoms with van der Waals surface area (Å²) in [6.45, 7) is 0.